The average Bonchev–Trinajstić information content (AvgIpc) is 3.42. The third-order valence-corrected chi connectivity index (χ3v) is 6.55. The number of furan rings is 1. The van der Waals surface area contributed by atoms with Crippen molar-refractivity contribution in [3.05, 3.63) is 82.6 Å². The highest BCUT2D eigenvalue weighted by atomic mass is 19.4. The molecule has 5 aromatic rings. The molecule has 0 fully saturated rings. The van der Waals surface area contributed by atoms with Crippen LogP contribution in [-0.4, -0.2) is 10.2 Å². The molecule has 238 valence electrons. The Morgan fingerprint density at radius 3 is 1.20 bits per heavy atom. The normalized spacial score (nSPS) is 13.7. The SMILES string of the molecule is FC(F)(F)c1c(-c2nnc(-c3ccco3)c3cc4ccccc4cc23)c(C(F)(F)F)c(C(F)(F)F)c(C(F)(F)F)c1C(F)(F)F. The summed E-state index contributed by atoms with van der Waals surface area (Å²) in [5.41, 5.74) is -24.8. The summed E-state index contributed by atoms with van der Waals surface area (Å²) in [5.74, 6) is -0.221. The molecule has 0 spiro atoms. The predicted octanol–water partition coefficient (Wildman–Crippen LogP) is 10.8. The van der Waals surface area contributed by atoms with Gasteiger partial charge < -0.3 is 4.42 Å². The zero-order valence-corrected chi connectivity index (χ0v) is 21.2. The monoisotopic (exact) mass is 662 g/mol. The number of benzene rings is 3. The van der Waals surface area contributed by atoms with Gasteiger partial charge in [-0.1, -0.05) is 24.3 Å². The molecule has 0 N–H and O–H groups in total. The van der Waals surface area contributed by atoms with Crippen molar-refractivity contribution in [3.8, 4) is 22.7 Å². The van der Waals surface area contributed by atoms with Crippen LogP contribution < -0.4 is 0 Å². The lowest BCUT2D eigenvalue weighted by Crippen LogP contribution is -2.32. The number of fused-ring (bicyclic) bond motifs is 2. The van der Waals surface area contributed by atoms with Crippen LogP contribution in [0.5, 0.6) is 0 Å². The third-order valence-electron chi connectivity index (χ3n) is 6.55. The van der Waals surface area contributed by atoms with E-state index in [1.807, 2.05) is 0 Å². The van der Waals surface area contributed by atoms with Gasteiger partial charge in [0.1, 0.15) is 11.4 Å². The summed E-state index contributed by atoms with van der Waals surface area (Å²) in [6.45, 7) is 0. The molecule has 0 unspecified atom stereocenters. The summed E-state index contributed by atoms with van der Waals surface area (Å²) in [6.07, 6.45) is -33.3. The summed E-state index contributed by atoms with van der Waals surface area (Å²) >= 11 is 0. The van der Waals surface area contributed by atoms with Crippen LogP contribution in [0.2, 0.25) is 0 Å². The van der Waals surface area contributed by atoms with E-state index in [1.54, 1.807) is 0 Å². The Bertz CT molecular complexity index is 1880. The van der Waals surface area contributed by atoms with Gasteiger partial charge in [-0.3, -0.25) is 0 Å². The second-order valence-corrected chi connectivity index (χ2v) is 9.36. The van der Waals surface area contributed by atoms with E-state index in [2.05, 4.69) is 10.2 Å². The molecule has 0 aliphatic carbocycles. The third kappa shape index (κ3) is 5.50. The van der Waals surface area contributed by atoms with Gasteiger partial charge in [0.2, 0.25) is 0 Å². The van der Waals surface area contributed by atoms with Crippen molar-refractivity contribution in [2.45, 2.75) is 30.9 Å². The Balaban J connectivity index is 2.18. The fourth-order valence-electron chi connectivity index (χ4n) is 5.02. The molecule has 3 aromatic carbocycles. The van der Waals surface area contributed by atoms with Crippen LogP contribution in [0.25, 0.3) is 44.3 Å². The number of hydrogen-bond acceptors (Lipinski definition) is 3. The summed E-state index contributed by atoms with van der Waals surface area (Å²) < 4.78 is 218. The van der Waals surface area contributed by atoms with Gasteiger partial charge in [-0.25, -0.2) is 0 Å². The van der Waals surface area contributed by atoms with Gasteiger partial charge in [0.25, 0.3) is 0 Å². The minimum atomic E-state index is -7.01. The molecular weight excluding hydrogens is 653 g/mol. The smallest absolute Gasteiger partial charge is 0.417 e. The molecule has 0 saturated carbocycles. The summed E-state index contributed by atoms with van der Waals surface area (Å²) in [6, 6.07) is 9.77. The molecule has 0 radical (unpaired) electrons. The first kappa shape index (κ1) is 31.9. The van der Waals surface area contributed by atoms with Crippen LogP contribution in [-0.2, 0) is 30.9 Å². The highest BCUT2D eigenvalue weighted by Crippen LogP contribution is 2.59. The lowest BCUT2D eigenvalue weighted by Gasteiger charge is -2.30. The first-order valence-corrected chi connectivity index (χ1v) is 11.9. The molecule has 0 atom stereocenters. The topological polar surface area (TPSA) is 38.9 Å². The van der Waals surface area contributed by atoms with Crippen molar-refractivity contribution in [2.24, 2.45) is 0 Å². The minimum absolute atomic E-state index is 0.00534. The van der Waals surface area contributed by atoms with Crippen molar-refractivity contribution >= 4 is 21.5 Å². The maximum absolute atomic E-state index is 14.5. The molecule has 0 saturated heterocycles. The molecule has 18 heteroatoms. The van der Waals surface area contributed by atoms with Crippen molar-refractivity contribution in [1.82, 2.24) is 10.2 Å². The number of nitrogens with zero attached hydrogens (tertiary/aromatic N) is 2. The maximum Gasteiger partial charge on any atom is 0.417 e. The second kappa shape index (κ2) is 10.00. The molecule has 2 aromatic heterocycles. The molecule has 3 nitrogen and oxygen atoms in total. The fourth-order valence-corrected chi connectivity index (χ4v) is 5.02. The molecule has 0 aliphatic heterocycles. The average molecular weight is 662 g/mol. The van der Waals surface area contributed by atoms with Gasteiger partial charge in [0, 0.05) is 16.3 Å². The van der Waals surface area contributed by atoms with E-state index in [0.29, 0.717) is 0 Å². The van der Waals surface area contributed by atoms with Gasteiger partial charge in [-0.2, -0.15) is 65.9 Å². The van der Waals surface area contributed by atoms with Gasteiger partial charge in [-0.05, 0) is 35.0 Å². The Morgan fingerprint density at radius 2 is 0.822 bits per heavy atom. The lowest BCUT2D eigenvalue weighted by molar-refractivity contribution is -0.188. The Morgan fingerprint density at radius 1 is 0.444 bits per heavy atom. The van der Waals surface area contributed by atoms with E-state index in [1.165, 1.54) is 36.4 Å². The quantitative estimate of drug-likeness (QED) is 0.140. The van der Waals surface area contributed by atoms with Crippen LogP contribution >= 0.6 is 0 Å². The number of rotatable bonds is 2. The predicted molar refractivity (Wildman–Crippen MR) is 125 cm³/mol. The molecule has 0 amide bonds. The molecule has 5 rings (SSSR count). The summed E-state index contributed by atoms with van der Waals surface area (Å²) in [4.78, 5) is 0. The van der Waals surface area contributed by atoms with Crippen LogP contribution in [0, 0.1) is 0 Å². The molecule has 0 aliphatic rings. The number of alkyl halides is 15. The zero-order chi connectivity index (χ0) is 33.5. The van der Waals surface area contributed by atoms with Crippen molar-refractivity contribution in [1.29, 1.82) is 0 Å². The van der Waals surface area contributed by atoms with Crippen molar-refractivity contribution < 1.29 is 70.3 Å². The van der Waals surface area contributed by atoms with Crippen LogP contribution in [0.1, 0.15) is 27.8 Å². The second-order valence-electron chi connectivity index (χ2n) is 9.36. The van der Waals surface area contributed by atoms with Gasteiger partial charge >= 0.3 is 30.9 Å². The highest BCUT2D eigenvalue weighted by Gasteiger charge is 2.61. The van der Waals surface area contributed by atoms with E-state index in [9.17, 15) is 65.9 Å². The largest absolute Gasteiger partial charge is 0.463 e. The first-order valence-electron chi connectivity index (χ1n) is 11.9. The maximum atomic E-state index is 14.5. The van der Waals surface area contributed by atoms with Crippen LogP contribution in [0.3, 0.4) is 0 Å². The van der Waals surface area contributed by atoms with Gasteiger partial charge in [-0.15, -0.1) is 10.2 Å². The van der Waals surface area contributed by atoms with Crippen molar-refractivity contribution in [3.63, 3.8) is 0 Å². The van der Waals surface area contributed by atoms with Crippen LogP contribution in [0.15, 0.2) is 59.2 Å². The Hall–Kier alpha value is -4.51. The molecular formula is C27H9F15N2O. The number of halogens is 15. The summed E-state index contributed by atoms with van der Waals surface area (Å²) in [5, 5.41) is 5.53. The molecule has 2 heterocycles. The lowest BCUT2D eigenvalue weighted by atomic mass is 9.82. The highest BCUT2D eigenvalue weighted by molar-refractivity contribution is 6.09. The minimum Gasteiger partial charge on any atom is -0.463 e. The van der Waals surface area contributed by atoms with E-state index in [0.717, 1.165) is 18.4 Å². The number of aromatic nitrogens is 2. The van der Waals surface area contributed by atoms with E-state index in [4.69, 9.17) is 4.42 Å². The number of hydrogen-bond donors (Lipinski definition) is 0. The fraction of sp³-hybridized carbons (Fsp3) is 0.185. The van der Waals surface area contributed by atoms with Crippen LogP contribution in [0.4, 0.5) is 65.9 Å². The van der Waals surface area contributed by atoms with E-state index < -0.39 is 86.4 Å². The van der Waals surface area contributed by atoms with E-state index in [-0.39, 0.29) is 16.5 Å². The molecule has 45 heavy (non-hydrogen) atoms. The standard InChI is InChI=1S/C27H9F15N2O/c28-23(29,30)16-15(17(24(31,32)33)19(26(37,38)39)20(27(40,41)42)18(16)25(34,35)36)22-13-9-11-5-2-1-4-10(11)8-12(13)21(43-44-22)14-6-3-7-45-14/h1-9H. The molecule has 0 bridgehead atoms. The van der Waals surface area contributed by atoms with Gasteiger partial charge in [0.15, 0.2) is 5.76 Å². The Kier molecular flexibility index (Phi) is 7.09. The first-order chi connectivity index (χ1) is 20.5. The summed E-state index contributed by atoms with van der Waals surface area (Å²) in [7, 11) is 0. The zero-order valence-electron chi connectivity index (χ0n) is 21.2. The van der Waals surface area contributed by atoms with Gasteiger partial charge in [0.05, 0.1) is 34.1 Å². The van der Waals surface area contributed by atoms with Crippen molar-refractivity contribution in [2.75, 3.05) is 0 Å². The Labute approximate surface area is 238 Å². The van der Waals surface area contributed by atoms with E-state index >= 15 is 0 Å².